The van der Waals surface area contributed by atoms with E-state index in [1.165, 1.54) is 20.4 Å². The van der Waals surface area contributed by atoms with Crippen LogP contribution >= 0.6 is 0 Å². The van der Waals surface area contributed by atoms with Crippen molar-refractivity contribution in [3.05, 3.63) is 16.4 Å². The van der Waals surface area contributed by atoms with E-state index in [9.17, 15) is 14.9 Å². The summed E-state index contributed by atoms with van der Waals surface area (Å²) in [5, 5.41) is 18.4. The molecule has 1 rings (SSSR count). The molecule has 17 heavy (non-hydrogen) atoms. The molecule has 0 saturated carbocycles. The Morgan fingerprint density at radius 1 is 1.41 bits per heavy atom. The van der Waals surface area contributed by atoms with Crippen molar-refractivity contribution in [3.63, 3.8) is 0 Å². The molecule has 0 unspecified atom stereocenters. The number of rotatable bonds is 5. The largest absolute Gasteiger partial charge is 0.367 e. The van der Waals surface area contributed by atoms with Crippen molar-refractivity contribution in [1.82, 2.24) is 15.3 Å². The average molecular weight is 240 g/mol. The smallest absolute Gasteiger partial charge is 0.353 e. The Morgan fingerprint density at radius 3 is 2.59 bits per heavy atom. The quantitative estimate of drug-likeness (QED) is 0.472. The van der Waals surface area contributed by atoms with Crippen molar-refractivity contribution in [3.8, 4) is 0 Å². The van der Waals surface area contributed by atoms with Crippen LogP contribution < -0.4 is 16.0 Å². The van der Waals surface area contributed by atoms with Crippen LogP contribution in [0.5, 0.6) is 0 Å². The monoisotopic (exact) mass is 240 g/mol. The van der Waals surface area contributed by atoms with Gasteiger partial charge in [-0.05, 0) is 0 Å². The fraction of sp³-hybridized carbons (Fsp3) is 0.375. The van der Waals surface area contributed by atoms with Gasteiger partial charge in [0, 0.05) is 14.1 Å². The van der Waals surface area contributed by atoms with E-state index in [0.717, 1.165) is 0 Å². The Kier molecular flexibility index (Phi) is 4.14. The van der Waals surface area contributed by atoms with Crippen LogP contribution in [0.3, 0.4) is 0 Å². The summed E-state index contributed by atoms with van der Waals surface area (Å²) in [6, 6.07) is 0. The van der Waals surface area contributed by atoms with Gasteiger partial charge in [-0.15, -0.1) is 0 Å². The lowest BCUT2D eigenvalue weighted by Crippen LogP contribution is -2.26. The van der Waals surface area contributed by atoms with Crippen molar-refractivity contribution in [2.75, 3.05) is 31.3 Å². The zero-order valence-electron chi connectivity index (χ0n) is 9.35. The maximum Gasteiger partial charge on any atom is 0.353 e. The van der Waals surface area contributed by atoms with Crippen molar-refractivity contribution in [2.24, 2.45) is 0 Å². The predicted octanol–water partition coefficient (Wildman–Crippen LogP) is -0.416. The number of aromatic nitrogens is 2. The van der Waals surface area contributed by atoms with Crippen molar-refractivity contribution in [1.29, 1.82) is 0 Å². The third-order valence-electron chi connectivity index (χ3n) is 1.94. The van der Waals surface area contributed by atoms with Crippen LogP contribution in [0.4, 0.5) is 17.3 Å². The first-order valence-corrected chi connectivity index (χ1v) is 4.71. The van der Waals surface area contributed by atoms with Gasteiger partial charge in [0.15, 0.2) is 0 Å². The first-order chi connectivity index (χ1) is 8.10. The van der Waals surface area contributed by atoms with Crippen LogP contribution in [-0.2, 0) is 4.79 Å². The van der Waals surface area contributed by atoms with Crippen LogP contribution in [0, 0.1) is 10.1 Å². The zero-order valence-corrected chi connectivity index (χ0v) is 9.35. The highest BCUT2D eigenvalue weighted by Gasteiger charge is 2.22. The van der Waals surface area contributed by atoms with Gasteiger partial charge < -0.3 is 16.0 Å². The van der Waals surface area contributed by atoms with Gasteiger partial charge in [-0.3, -0.25) is 14.9 Å². The van der Waals surface area contributed by atoms with Crippen LogP contribution in [0.1, 0.15) is 0 Å². The Balaban J connectivity index is 2.98. The molecular formula is C8H12N6O3. The number of amides is 1. The molecule has 0 radical (unpaired) electrons. The molecule has 9 nitrogen and oxygen atoms in total. The molecule has 0 aliphatic rings. The van der Waals surface area contributed by atoms with E-state index in [1.54, 1.807) is 0 Å². The Labute approximate surface area is 96.8 Å². The lowest BCUT2D eigenvalue weighted by Gasteiger charge is -2.07. The molecule has 0 aliphatic heterocycles. The van der Waals surface area contributed by atoms with E-state index in [-0.39, 0.29) is 29.8 Å². The number of hydrogen-bond donors (Lipinski definition) is 3. The van der Waals surface area contributed by atoms with E-state index >= 15 is 0 Å². The van der Waals surface area contributed by atoms with E-state index in [2.05, 4.69) is 25.9 Å². The number of nitro groups is 1. The standard InChI is InChI=1S/C8H12N6O3/c1-9-5(15)3-11-8-6(14(16)17)7(10-2)12-4-13-8/h4H,3H2,1-2H3,(H,9,15)(H2,10,11,12,13). The molecule has 0 atom stereocenters. The number of anilines is 2. The van der Waals surface area contributed by atoms with E-state index in [0.29, 0.717) is 0 Å². The van der Waals surface area contributed by atoms with Gasteiger partial charge in [-0.2, -0.15) is 0 Å². The number of hydrogen-bond acceptors (Lipinski definition) is 7. The second-order valence-electron chi connectivity index (χ2n) is 2.95. The van der Waals surface area contributed by atoms with E-state index < -0.39 is 4.92 Å². The van der Waals surface area contributed by atoms with Crippen molar-refractivity contribution < 1.29 is 9.72 Å². The lowest BCUT2D eigenvalue weighted by atomic mass is 10.4. The molecule has 0 fully saturated rings. The summed E-state index contributed by atoms with van der Waals surface area (Å²) in [5.41, 5.74) is -0.293. The van der Waals surface area contributed by atoms with Gasteiger partial charge in [-0.25, -0.2) is 9.97 Å². The van der Waals surface area contributed by atoms with Gasteiger partial charge in [0.05, 0.1) is 11.5 Å². The number of carbonyl (C=O) groups is 1. The fourth-order valence-corrected chi connectivity index (χ4v) is 1.12. The first kappa shape index (κ1) is 12.6. The molecular weight excluding hydrogens is 228 g/mol. The van der Waals surface area contributed by atoms with Gasteiger partial charge in [0.1, 0.15) is 6.33 Å². The highest BCUT2D eigenvalue weighted by atomic mass is 16.6. The van der Waals surface area contributed by atoms with Gasteiger partial charge in [0.2, 0.25) is 17.5 Å². The zero-order chi connectivity index (χ0) is 12.8. The average Bonchev–Trinajstić information content (AvgIpc) is 2.34. The minimum Gasteiger partial charge on any atom is -0.367 e. The maximum absolute atomic E-state index is 11.0. The van der Waals surface area contributed by atoms with Gasteiger partial charge >= 0.3 is 5.69 Å². The van der Waals surface area contributed by atoms with Crippen LogP contribution in [-0.4, -0.2) is 41.4 Å². The molecule has 0 aromatic carbocycles. The molecule has 1 heterocycles. The van der Waals surface area contributed by atoms with Crippen molar-refractivity contribution in [2.45, 2.75) is 0 Å². The lowest BCUT2D eigenvalue weighted by molar-refractivity contribution is -0.383. The number of nitrogens with one attached hydrogen (secondary N) is 3. The summed E-state index contributed by atoms with van der Waals surface area (Å²) in [5.74, 6) is -0.216. The molecule has 92 valence electrons. The molecule has 0 saturated heterocycles. The molecule has 0 bridgehead atoms. The molecule has 1 aromatic heterocycles. The number of carbonyl (C=O) groups excluding carboxylic acids is 1. The fourth-order valence-electron chi connectivity index (χ4n) is 1.12. The maximum atomic E-state index is 11.0. The summed E-state index contributed by atoms with van der Waals surface area (Å²) in [6.07, 6.45) is 1.17. The summed E-state index contributed by atoms with van der Waals surface area (Å²) in [6.45, 7) is -0.0997. The highest BCUT2D eigenvalue weighted by molar-refractivity contribution is 5.81. The van der Waals surface area contributed by atoms with E-state index in [1.807, 2.05) is 0 Å². The summed E-state index contributed by atoms with van der Waals surface area (Å²) >= 11 is 0. The Bertz CT molecular complexity index is 435. The first-order valence-electron chi connectivity index (χ1n) is 4.71. The Morgan fingerprint density at radius 2 is 2.06 bits per heavy atom. The summed E-state index contributed by atoms with van der Waals surface area (Å²) in [7, 11) is 2.98. The minimum atomic E-state index is -0.613. The van der Waals surface area contributed by atoms with Crippen LogP contribution in [0.25, 0.3) is 0 Å². The van der Waals surface area contributed by atoms with E-state index in [4.69, 9.17) is 0 Å². The SMILES string of the molecule is CNC(=O)CNc1ncnc(NC)c1[N+](=O)[O-]. The molecule has 1 amide bonds. The molecule has 1 aromatic rings. The van der Waals surface area contributed by atoms with Crippen molar-refractivity contribution >= 4 is 23.2 Å². The van der Waals surface area contributed by atoms with Crippen LogP contribution in [0.2, 0.25) is 0 Å². The third kappa shape index (κ3) is 3.00. The molecule has 3 N–H and O–H groups in total. The number of nitrogens with zero attached hydrogens (tertiary/aromatic N) is 3. The second kappa shape index (κ2) is 5.58. The molecule has 9 heteroatoms. The van der Waals surface area contributed by atoms with Gasteiger partial charge in [-0.1, -0.05) is 0 Å². The number of likely N-dealkylation sites (N-methyl/N-ethyl adjacent to an activating group) is 1. The third-order valence-corrected chi connectivity index (χ3v) is 1.94. The summed E-state index contributed by atoms with van der Waals surface area (Å²) in [4.78, 5) is 28.7. The topological polar surface area (TPSA) is 122 Å². The highest BCUT2D eigenvalue weighted by Crippen LogP contribution is 2.27. The molecule has 0 aliphatic carbocycles. The molecule has 0 spiro atoms. The second-order valence-corrected chi connectivity index (χ2v) is 2.95. The Hall–Kier alpha value is -2.45. The normalized spacial score (nSPS) is 9.53. The predicted molar refractivity (Wildman–Crippen MR) is 60.8 cm³/mol. The van der Waals surface area contributed by atoms with Crippen LogP contribution in [0.15, 0.2) is 6.33 Å². The summed E-state index contributed by atoms with van der Waals surface area (Å²) < 4.78 is 0. The van der Waals surface area contributed by atoms with Gasteiger partial charge in [0.25, 0.3) is 0 Å². The minimum absolute atomic E-state index is 0.00190.